The number of carbonyl (C=O) groups excluding carboxylic acids is 3. The molecule has 0 aliphatic carbocycles. The number of amides is 1. The molecule has 4 aromatic rings. The number of anilines is 1. The molecule has 0 saturated heterocycles. The van der Waals surface area contributed by atoms with Crippen LogP contribution >= 0.6 is 0 Å². The number of nitrogens with zero attached hydrogens (tertiary/aromatic N) is 1. The van der Waals surface area contributed by atoms with Crippen molar-refractivity contribution in [2.24, 2.45) is 0 Å². The zero-order valence-corrected chi connectivity index (χ0v) is 20.8. The third-order valence-electron chi connectivity index (χ3n) is 6.32. The normalized spacial score (nSPS) is 15.3. The fourth-order valence-corrected chi connectivity index (χ4v) is 4.56. The molecule has 0 saturated carbocycles. The summed E-state index contributed by atoms with van der Waals surface area (Å²) < 4.78 is 16.4. The molecule has 1 aromatic heterocycles. The maximum Gasteiger partial charge on any atom is 0.338 e. The molecule has 2 heterocycles. The first kappa shape index (κ1) is 24.8. The summed E-state index contributed by atoms with van der Waals surface area (Å²) in [4.78, 5) is 41.1. The molecule has 1 N–H and O–H groups in total. The highest BCUT2D eigenvalue weighted by molar-refractivity contribution is 6.21. The Hall–Kier alpha value is -4.85. The number of aliphatic hydroxyl groups is 1. The first-order valence-electron chi connectivity index (χ1n) is 12.1. The number of hydrogen-bond acceptors (Lipinski definition) is 7. The number of aliphatic hydroxyl groups excluding tert-OH is 1. The lowest BCUT2D eigenvalue weighted by atomic mass is 9.94. The van der Waals surface area contributed by atoms with E-state index in [4.69, 9.17) is 13.9 Å². The lowest BCUT2D eigenvalue weighted by Crippen LogP contribution is -2.31. The van der Waals surface area contributed by atoms with Crippen LogP contribution in [-0.2, 0) is 9.53 Å². The Morgan fingerprint density at radius 1 is 1.00 bits per heavy atom. The monoisotopic (exact) mass is 511 g/mol. The van der Waals surface area contributed by atoms with Crippen LogP contribution in [0.5, 0.6) is 5.75 Å². The van der Waals surface area contributed by atoms with E-state index in [1.54, 1.807) is 66.7 Å². The molecule has 8 nitrogen and oxygen atoms in total. The van der Waals surface area contributed by atoms with Crippen LogP contribution in [0.4, 0.5) is 5.69 Å². The van der Waals surface area contributed by atoms with Crippen molar-refractivity contribution < 1.29 is 33.4 Å². The molecule has 1 amide bonds. The lowest BCUT2D eigenvalue weighted by Gasteiger charge is -2.27. The van der Waals surface area contributed by atoms with Gasteiger partial charge in [-0.2, -0.15) is 0 Å². The van der Waals surface area contributed by atoms with Gasteiger partial charge in [-0.05, 0) is 42.3 Å². The smallest absolute Gasteiger partial charge is 0.338 e. The number of hydrogen-bond donors (Lipinski definition) is 1. The summed E-state index contributed by atoms with van der Waals surface area (Å²) in [6.07, 6.45) is 0.670. The van der Waals surface area contributed by atoms with Crippen LogP contribution in [0.2, 0.25) is 0 Å². The lowest BCUT2D eigenvalue weighted by molar-refractivity contribution is -0.117. The number of carbonyl (C=O) groups is 3. The van der Waals surface area contributed by atoms with Gasteiger partial charge in [0.1, 0.15) is 0 Å². The summed E-state index contributed by atoms with van der Waals surface area (Å²) in [6, 6.07) is 21.1. The Morgan fingerprint density at radius 3 is 2.50 bits per heavy atom. The standard InChI is InChI=1S/C30H25NO7/c1-3-15-37-30(35)20-12-7-13-21(16-20)31-25(18-9-5-4-6-10-18)24(27(33)29(31)34)26(32)23-17-19-11-8-14-22(36-2)28(19)38-23/h4-14,16-17,25,33H,3,15H2,1-2H3. The van der Waals surface area contributed by atoms with E-state index in [0.29, 0.717) is 34.4 Å². The van der Waals surface area contributed by atoms with Crippen LogP contribution in [0.3, 0.4) is 0 Å². The van der Waals surface area contributed by atoms with Gasteiger partial charge >= 0.3 is 5.97 Å². The minimum absolute atomic E-state index is 0.0430. The minimum atomic E-state index is -0.965. The number of Topliss-reactive ketones (excluding diaryl/α,β-unsaturated/α-hetero) is 1. The number of rotatable bonds is 8. The fourth-order valence-electron chi connectivity index (χ4n) is 4.56. The number of benzene rings is 3. The van der Waals surface area contributed by atoms with Gasteiger partial charge in [-0.15, -0.1) is 0 Å². The maximum atomic E-state index is 13.8. The second kappa shape index (κ2) is 10.3. The molecule has 1 unspecified atom stereocenters. The quantitative estimate of drug-likeness (QED) is 0.236. The van der Waals surface area contributed by atoms with Gasteiger partial charge in [-0.25, -0.2) is 4.79 Å². The van der Waals surface area contributed by atoms with E-state index in [-0.39, 0.29) is 23.5 Å². The zero-order valence-electron chi connectivity index (χ0n) is 20.8. The molecule has 0 bridgehead atoms. The third-order valence-corrected chi connectivity index (χ3v) is 6.32. The van der Waals surface area contributed by atoms with Crippen molar-refractivity contribution in [1.82, 2.24) is 0 Å². The van der Waals surface area contributed by atoms with Crippen LogP contribution < -0.4 is 9.64 Å². The maximum absolute atomic E-state index is 13.8. The van der Waals surface area contributed by atoms with Gasteiger partial charge in [-0.1, -0.05) is 55.5 Å². The van der Waals surface area contributed by atoms with E-state index in [9.17, 15) is 19.5 Å². The van der Waals surface area contributed by atoms with Crippen LogP contribution in [0.25, 0.3) is 11.0 Å². The zero-order chi connectivity index (χ0) is 26.8. The second-order valence-corrected chi connectivity index (χ2v) is 8.76. The number of para-hydroxylation sites is 1. The van der Waals surface area contributed by atoms with E-state index in [1.807, 2.05) is 13.0 Å². The Balaban J connectivity index is 1.60. The van der Waals surface area contributed by atoms with Gasteiger partial charge in [0.05, 0.1) is 30.9 Å². The van der Waals surface area contributed by atoms with Gasteiger partial charge in [0.15, 0.2) is 22.9 Å². The van der Waals surface area contributed by atoms with Crippen molar-refractivity contribution in [2.75, 3.05) is 18.6 Å². The fraction of sp³-hybridized carbons (Fsp3) is 0.167. The first-order chi connectivity index (χ1) is 18.4. The number of esters is 1. The van der Waals surface area contributed by atoms with Crippen molar-refractivity contribution in [3.8, 4) is 5.75 Å². The van der Waals surface area contributed by atoms with Crippen molar-refractivity contribution in [3.63, 3.8) is 0 Å². The van der Waals surface area contributed by atoms with Crippen molar-refractivity contribution in [1.29, 1.82) is 0 Å². The molecule has 1 atom stereocenters. The highest BCUT2D eigenvalue weighted by Crippen LogP contribution is 2.43. The summed E-state index contributed by atoms with van der Waals surface area (Å²) in [5.74, 6) is -2.20. The summed E-state index contributed by atoms with van der Waals surface area (Å²) in [5.41, 5.74) is 1.43. The minimum Gasteiger partial charge on any atom is -0.503 e. The highest BCUT2D eigenvalue weighted by Gasteiger charge is 2.45. The summed E-state index contributed by atoms with van der Waals surface area (Å²) >= 11 is 0. The highest BCUT2D eigenvalue weighted by atomic mass is 16.5. The number of ketones is 1. The van der Waals surface area contributed by atoms with Crippen molar-refractivity contribution in [2.45, 2.75) is 19.4 Å². The molecule has 38 heavy (non-hydrogen) atoms. The molecule has 8 heteroatoms. The molecule has 0 fully saturated rings. The Kier molecular flexibility index (Phi) is 6.70. The van der Waals surface area contributed by atoms with Gasteiger partial charge in [0.25, 0.3) is 5.91 Å². The molecule has 0 radical (unpaired) electrons. The van der Waals surface area contributed by atoms with Gasteiger partial charge in [0, 0.05) is 11.1 Å². The van der Waals surface area contributed by atoms with E-state index in [0.717, 1.165) is 0 Å². The number of methoxy groups -OCH3 is 1. The van der Waals surface area contributed by atoms with Crippen LogP contribution in [0.1, 0.15) is 45.9 Å². The third kappa shape index (κ3) is 4.30. The predicted molar refractivity (Wildman–Crippen MR) is 140 cm³/mol. The number of ether oxygens (including phenoxy) is 2. The molecule has 3 aromatic carbocycles. The molecule has 192 valence electrons. The summed E-state index contributed by atoms with van der Waals surface area (Å²) in [7, 11) is 1.50. The van der Waals surface area contributed by atoms with Crippen LogP contribution in [0, 0.1) is 0 Å². The second-order valence-electron chi connectivity index (χ2n) is 8.76. The van der Waals surface area contributed by atoms with E-state index in [2.05, 4.69) is 0 Å². The van der Waals surface area contributed by atoms with E-state index >= 15 is 0 Å². The average molecular weight is 512 g/mol. The summed E-state index contributed by atoms with van der Waals surface area (Å²) in [6.45, 7) is 2.16. The molecule has 1 aliphatic rings. The van der Waals surface area contributed by atoms with Gasteiger partial charge in [-0.3, -0.25) is 14.5 Å². The molecule has 0 spiro atoms. The van der Waals surface area contributed by atoms with E-state index < -0.39 is 29.5 Å². The van der Waals surface area contributed by atoms with Gasteiger partial charge < -0.3 is 19.0 Å². The largest absolute Gasteiger partial charge is 0.503 e. The molecule has 1 aliphatic heterocycles. The first-order valence-corrected chi connectivity index (χ1v) is 12.1. The Bertz CT molecular complexity index is 1570. The van der Waals surface area contributed by atoms with Crippen LogP contribution in [0.15, 0.2) is 94.6 Å². The van der Waals surface area contributed by atoms with Gasteiger partial charge in [0.2, 0.25) is 5.78 Å². The van der Waals surface area contributed by atoms with Crippen molar-refractivity contribution >= 4 is 34.3 Å². The summed E-state index contributed by atoms with van der Waals surface area (Å²) in [5, 5.41) is 11.7. The van der Waals surface area contributed by atoms with Crippen LogP contribution in [-0.4, -0.2) is 36.5 Å². The Morgan fingerprint density at radius 2 is 1.76 bits per heavy atom. The predicted octanol–water partition coefficient (Wildman–Crippen LogP) is 5.79. The number of furan rings is 1. The molecular formula is C30H25NO7. The average Bonchev–Trinajstić information content (AvgIpc) is 3.51. The SMILES string of the molecule is CCCOC(=O)c1cccc(N2C(=O)C(O)=C(C(=O)c3cc4cccc(OC)c4o3)C2c2ccccc2)c1. The van der Waals surface area contributed by atoms with E-state index in [1.165, 1.54) is 18.1 Å². The number of fused-ring (bicyclic) bond motifs is 1. The Labute approximate surface area is 218 Å². The van der Waals surface area contributed by atoms with Crippen molar-refractivity contribution in [3.05, 3.63) is 107 Å². The molecular weight excluding hydrogens is 486 g/mol. The topological polar surface area (TPSA) is 106 Å². The molecule has 5 rings (SSSR count).